The highest BCUT2D eigenvalue weighted by molar-refractivity contribution is 6.31. The molecule has 4 atom stereocenters. The van der Waals surface area contributed by atoms with Crippen LogP contribution >= 0.6 is 11.6 Å². The van der Waals surface area contributed by atoms with Crippen molar-refractivity contribution < 1.29 is 24.9 Å². The number of aromatic amines is 1. The number of amides is 2. The minimum atomic E-state index is -1.48. The summed E-state index contributed by atoms with van der Waals surface area (Å²) in [6.07, 6.45) is -3.22. The van der Waals surface area contributed by atoms with E-state index in [-0.39, 0.29) is 18.8 Å². The van der Waals surface area contributed by atoms with E-state index >= 15 is 0 Å². The number of carbonyl (C=O) groups excluding carboxylic acids is 2. The topological polar surface area (TPSA) is 126 Å². The van der Waals surface area contributed by atoms with Crippen LogP contribution in [0.1, 0.15) is 23.8 Å². The fraction of sp³-hybridized carbons (Fsp3) is 0.444. The van der Waals surface area contributed by atoms with Gasteiger partial charge < -0.3 is 30.5 Å². The van der Waals surface area contributed by atoms with Crippen LogP contribution in [0.4, 0.5) is 0 Å². The van der Waals surface area contributed by atoms with Crippen molar-refractivity contribution in [3.63, 3.8) is 0 Å². The van der Waals surface area contributed by atoms with Crippen LogP contribution in [0.5, 0.6) is 0 Å². The average Bonchev–Trinajstić information content (AvgIpc) is 3.21. The Balaban J connectivity index is 1.69. The molecule has 146 valence electrons. The van der Waals surface area contributed by atoms with Crippen molar-refractivity contribution in [3.05, 3.63) is 35.0 Å². The van der Waals surface area contributed by atoms with Crippen LogP contribution in [0.15, 0.2) is 24.3 Å². The second-order valence-corrected chi connectivity index (χ2v) is 7.16. The molecule has 5 N–H and O–H groups in total. The van der Waals surface area contributed by atoms with E-state index in [1.807, 2.05) is 0 Å². The van der Waals surface area contributed by atoms with Gasteiger partial charge in [0.25, 0.3) is 11.8 Å². The summed E-state index contributed by atoms with van der Waals surface area (Å²) in [4.78, 5) is 29.1. The Hall–Kier alpha value is -2.13. The molecule has 1 saturated heterocycles. The Labute approximate surface area is 160 Å². The van der Waals surface area contributed by atoms with Crippen molar-refractivity contribution in [1.82, 2.24) is 15.2 Å². The zero-order valence-corrected chi connectivity index (χ0v) is 15.5. The van der Waals surface area contributed by atoms with Crippen LogP contribution in [0.2, 0.25) is 5.02 Å². The number of hydrogen-bond donors (Lipinski definition) is 5. The van der Waals surface area contributed by atoms with Gasteiger partial charge in [-0.2, -0.15) is 0 Å². The molecule has 4 unspecified atom stereocenters. The highest BCUT2D eigenvalue weighted by atomic mass is 35.5. The van der Waals surface area contributed by atoms with Gasteiger partial charge in [0.05, 0.1) is 18.2 Å². The van der Waals surface area contributed by atoms with E-state index in [2.05, 4.69) is 10.3 Å². The van der Waals surface area contributed by atoms with Gasteiger partial charge in [-0.15, -0.1) is 0 Å². The van der Waals surface area contributed by atoms with Crippen molar-refractivity contribution in [3.8, 4) is 0 Å². The lowest BCUT2D eigenvalue weighted by Crippen LogP contribution is -2.51. The number of likely N-dealkylation sites (tertiary alicyclic amines) is 1. The maximum atomic E-state index is 12.5. The minimum Gasteiger partial charge on any atom is -0.388 e. The van der Waals surface area contributed by atoms with Crippen molar-refractivity contribution in [2.75, 3.05) is 13.1 Å². The number of nitrogens with zero attached hydrogens (tertiary/aromatic N) is 1. The zero-order valence-electron chi connectivity index (χ0n) is 14.7. The van der Waals surface area contributed by atoms with Gasteiger partial charge in [0, 0.05) is 29.0 Å². The molecule has 1 aromatic heterocycles. The molecule has 27 heavy (non-hydrogen) atoms. The molecule has 0 bridgehead atoms. The van der Waals surface area contributed by atoms with Crippen molar-refractivity contribution in [2.24, 2.45) is 0 Å². The maximum Gasteiger partial charge on any atom is 0.268 e. The van der Waals surface area contributed by atoms with Gasteiger partial charge in [-0.25, -0.2) is 0 Å². The minimum absolute atomic E-state index is 0.0514. The molecule has 2 aromatic rings. The molecule has 3 rings (SSSR count). The first-order valence-corrected chi connectivity index (χ1v) is 9.10. The third-order valence-electron chi connectivity index (χ3n) is 4.79. The predicted molar refractivity (Wildman–Crippen MR) is 99.5 cm³/mol. The van der Waals surface area contributed by atoms with Gasteiger partial charge in [-0.1, -0.05) is 18.5 Å². The largest absolute Gasteiger partial charge is 0.388 e. The number of halogens is 1. The van der Waals surface area contributed by atoms with Gasteiger partial charge in [0.2, 0.25) is 0 Å². The summed E-state index contributed by atoms with van der Waals surface area (Å²) < 4.78 is 0. The number of aliphatic hydroxyl groups is 3. The Morgan fingerprint density at radius 2 is 1.96 bits per heavy atom. The SMILES string of the molecule is CCC(NC(=O)c1cc2cc(Cl)ccc2[nH]1)C(O)C(=O)N1CC(O)C(O)C1. The second-order valence-electron chi connectivity index (χ2n) is 6.73. The van der Waals surface area contributed by atoms with Crippen LogP contribution in [0, 0.1) is 0 Å². The van der Waals surface area contributed by atoms with Gasteiger partial charge in [0.15, 0.2) is 6.10 Å². The van der Waals surface area contributed by atoms with Crippen LogP contribution in [-0.2, 0) is 4.79 Å². The number of β-amino-alcohol motifs (C(OH)–C–C–N with tert-alkyl or cyclic N) is 2. The smallest absolute Gasteiger partial charge is 0.268 e. The second kappa shape index (κ2) is 7.85. The van der Waals surface area contributed by atoms with E-state index < -0.39 is 36.2 Å². The van der Waals surface area contributed by atoms with Crippen LogP contribution in [0.3, 0.4) is 0 Å². The third kappa shape index (κ3) is 4.08. The number of hydrogen-bond acceptors (Lipinski definition) is 5. The fourth-order valence-corrected chi connectivity index (χ4v) is 3.37. The molecule has 0 spiro atoms. The molecule has 1 fully saturated rings. The highest BCUT2D eigenvalue weighted by Crippen LogP contribution is 2.20. The van der Waals surface area contributed by atoms with Crippen LogP contribution in [-0.4, -0.2) is 74.5 Å². The Morgan fingerprint density at radius 1 is 1.30 bits per heavy atom. The van der Waals surface area contributed by atoms with E-state index in [0.29, 0.717) is 11.4 Å². The highest BCUT2D eigenvalue weighted by Gasteiger charge is 2.37. The Morgan fingerprint density at radius 3 is 2.59 bits per heavy atom. The van der Waals surface area contributed by atoms with E-state index in [1.54, 1.807) is 31.2 Å². The van der Waals surface area contributed by atoms with Crippen molar-refractivity contribution in [2.45, 2.75) is 37.7 Å². The van der Waals surface area contributed by atoms with E-state index in [4.69, 9.17) is 11.6 Å². The number of aliphatic hydroxyl groups excluding tert-OH is 3. The number of carbonyl (C=O) groups is 2. The predicted octanol–water partition coefficient (Wildman–Crippen LogP) is 0.255. The molecule has 8 nitrogen and oxygen atoms in total. The Bertz CT molecular complexity index is 845. The molecule has 0 saturated carbocycles. The normalized spacial score (nSPS) is 22.0. The molecule has 1 aromatic carbocycles. The van der Waals surface area contributed by atoms with Crippen LogP contribution in [0.25, 0.3) is 10.9 Å². The lowest BCUT2D eigenvalue weighted by Gasteiger charge is -2.26. The molecule has 9 heteroatoms. The molecular weight excluding hydrogens is 374 g/mol. The van der Waals surface area contributed by atoms with Crippen molar-refractivity contribution >= 4 is 34.3 Å². The molecular formula is C18H22ClN3O5. The quantitative estimate of drug-likeness (QED) is 0.496. The van der Waals surface area contributed by atoms with Gasteiger partial charge >= 0.3 is 0 Å². The van der Waals surface area contributed by atoms with E-state index in [9.17, 15) is 24.9 Å². The number of nitrogens with one attached hydrogen (secondary N) is 2. The number of fused-ring (bicyclic) bond motifs is 1. The number of rotatable bonds is 5. The molecule has 0 aliphatic carbocycles. The summed E-state index contributed by atoms with van der Waals surface area (Å²) in [5.74, 6) is -1.09. The summed E-state index contributed by atoms with van der Waals surface area (Å²) >= 11 is 5.95. The summed E-state index contributed by atoms with van der Waals surface area (Å²) in [5.41, 5.74) is 1.03. The maximum absolute atomic E-state index is 12.5. The summed E-state index contributed by atoms with van der Waals surface area (Å²) in [6, 6.07) is 6.02. The van der Waals surface area contributed by atoms with Gasteiger partial charge in [-0.3, -0.25) is 9.59 Å². The summed E-state index contributed by atoms with van der Waals surface area (Å²) in [5, 5.41) is 33.5. The van der Waals surface area contributed by atoms with Crippen LogP contribution < -0.4 is 5.32 Å². The lowest BCUT2D eigenvalue weighted by atomic mass is 10.1. The molecule has 2 amide bonds. The van der Waals surface area contributed by atoms with Crippen molar-refractivity contribution in [1.29, 1.82) is 0 Å². The first kappa shape index (κ1) is 19.6. The summed E-state index contributed by atoms with van der Waals surface area (Å²) in [6.45, 7) is 1.63. The third-order valence-corrected chi connectivity index (χ3v) is 5.02. The standard InChI is InChI=1S/C18H22ClN3O5/c1-2-11(16(25)18(27)22-7-14(23)15(24)8-22)21-17(26)13-6-9-5-10(19)3-4-12(9)20-13/h3-6,11,14-16,20,23-25H,2,7-8H2,1H3,(H,21,26). The first-order chi connectivity index (χ1) is 12.8. The number of aromatic nitrogens is 1. The summed E-state index contributed by atoms with van der Waals surface area (Å²) in [7, 11) is 0. The number of benzene rings is 1. The van der Waals surface area contributed by atoms with Gasteiger partial charge in [-0.05, 0) is 30.7 Å². The molecule has 1 aliphatic rings. The monoisotopic (exact) mass is 395 g/mol. The molecule has 1 aliphatic heterocycles. The first-order valence-electron chi connectivity index (χ1n) is 8.72. The lowest BCUT2D eigenvalue weighted by molar-refractivity contribution is -0.141. The zero-order chi connectivity index (χ0) is 19.7. The number of H-pyrrole nitrogens is 1. The van der Waals surface area contributed by atoms with E-state index in [1.165, 1.54) is 4.90 Å². The Kier molecular flexibility index (Phi) is 5.71. The van der Waals surface area contributed by atoms with E-state index in [0.717, 1.165) is 10.9 Å². The fourth-order valence-electron chi connectivity index (χ4n) is 3.18. The molecule has 0 radical (unpaired) electrons. The average molecular weight is 396 g/mol. The molecule has 2 heterocycles. The van der Waals surface area contributed by atoms with Gasteiger partial charge in [0.1, 0.15) is 5.69 Å².